The molecule has 0 heterocycles. The molecule has 1 N–H and O–H groups in total. The minimum absolute atomic E-state index is 0.469. The highest BCUT2D eigenvalue weighted by atomic mass is 16.5. The molecule has 0 radical (unpaired) electrons. The van der Waals surface area contributed by atoms with Gasteiger partial charge in [-0.1, -0.05) is 26.7 Å². The molecule has 1 aliphatic carbocycles. The highest BCUT2D eigenvalue weighted by Gasteiger charge is 2.42. The second-order valence-corrected chi connectivity index (χ2v) is 4.70. The maximum Gasteiger partial charge on any atom is 0.335 e. The lowest BCUT2D eigenvalue weighted by Gasteiger charge is -2.36. The maximum atomic E-state index is 11.3. The van der Waals surface area contributed by atoms with Gasteiger partial charge in [0.15, 0.2) is 5.60 Å². The number of carboxylic acids is 1. The van der Waals surface area contributed by atoms with Crippen LogP contribution in [0.4, 0.5) is 0 Å². The van der Waals surface area contributed by atoms with E-state index in [0.29, 0.717) is 25.4 Å². The van der Waals surface area contributed by atoms with Crippen LogP contribution in [0, 0.1) is 5.92 Å². The summed E-state index contributed by atoms with van der Waals surface area (Å²) in [7, 11) is 0. The molecular weight excluding hydrogens is 192 g/mol. The van der Waals surface area contributed by atoms with Gasteiger partial charge in [0.1, 0.15) is 0 Å². The Balaban J connectivity index is 2.57. The highest BCUT2D eigenvalue weighted by Crippen LogP contribution is 2.35. The van der Waals surface area contributed by atoms with Crippen molar-refractivity contribution in [2.24, 2.45) is 5.92 Å². The fraction of sp³-hybridized carbons (Fsp3) is 0.917. The number of unbranched alkanes of at least 4 members (excludes halogenated alkanes) is 1. The molecule has 0 amide bonds. The Kier molecular flexibility index (Phi) is 4.58. The van der Waals surface area contributed by atoms with Crippen LogP contribution in [0.2, 0.25) is 0 Å². The lowest BCUT2D eigenvalue weighted by Crippen LogP contribution is -2.45. The molecule has 0 aromatic rings. The van der Waals surface area contributed by atoms with Crippen LogP contribution in [-0.2, 0) is 9.53 Å². The quantitative estimate of drug-likeness (QED) is 0.716. The molecule has 88 valence electrons. The van der Waals surface area contributed by atoms with E-state index in [1.807, 2.05) is 0 Å². The van der Waals surface area contributed by atoms with Gasteiger partial charge in [-0.05, 0) is 31.6 Å². The Morgan fingerprint density at radius 3 is 2.87 bits per heavy atom. The minimum atomic E-state index is -0.882. The van der Waals surface area contributed by atoms with Crippen LogP contribution >= 0.6 is 0 Å². The Labute approximate surface area is 91.8 Å². The van der Waals surface area contributed by atoms with Crippen LogP contribution in [0.1, 0.15) is 52.4 Å². The van der Waals surface area contributed by atoms with Crippen molar-refractivity contribution in [3.8, 4) is 0 Å². The first kappa shape index (κ1) is 12.5. The standard InChI is InChI=1S/C12H22O3/c1-3-4-8-15-12(11(13)14)7-5-6-10(2)9-12/h10H,3-9H2,1-2H3,(H,13,14). The fourth-order valence-electron chi connectivity index (χ4n) is 2.30. The Hall–Kier alpha value is -0.570. The summed E-state index contributed by atoms with van der Waals surface area (Å²) in [6, 6.07) is 0. The molecule has 1 aliphatic rings. The molecule has 1 saturated carbocycles. The fourth-order valence-corrected chi connectivity index (χ4v) is 2.30. The third-order valence-corrected chi connectivity index (χ3v) is 3.22. The highest BCUT2D eigenvalue weighted by molar-refractivity contribution is 5.77. The summed E-state index contributed by atoms with van der Waals surface area (Å²) in [4.78, 5) is 11.3. The number of ether oxygens (including phenoxy) is 1. The van der Waals surface area contributed by atoms with Crippen LogP contribution in [-0.4, -0.2) is 23.3 Å². The minimum Gasteiger partial charge on any atom is -0.479 e. The van der Waals surface area contributed by atoms with Crippen LogP contribution in [0.3, 0.4) is 0 Å². The largest absolute Gasteiger partial charge is 0.479 e. The average molecular weight is 214 g/mol. The predicted octanol–water partition coefficient (Wildman–Crippen LogP) is 2.84. The van der Waals surface area contributed by atoms with E-state index in [-0.39, 0.29) is 0 Å². The number of hydrogen-bond acceptors (Lipinski definition) is 2. The third-order valence-electron chi connectivity index (χ3n) is 3.22. The molecule has 3 heteroatoms. The van der Waals surface area contributed by atoms with Gasteiger partial charge in [0.2, 0.25) is 0 Å². The molecule has 1 fully saturated rings. The van der Waals surface area contributed by atoms with Crippen molar-refractivity contribution in [3.05, 3.63) is 0 Å². The van der Waals surface area contributed by atoms with Gasteiger partial charge in [-0.15, -0.1) is 0 Å². The van der Waals surface area contributed by atoms with Gasteiger partial charge in [0.25, 0.3) is 0 Å². The van der Waals surface area contributed by atoms with Gasteiger partial charge in [-0.2, -0.15) is 0 Å². The number of carbonyl (C=O) groups is 1. The topological polar surface area (TPSA) is 46.5 Å². The number of hydrogen-bond donors (Lipinski definition) is 1. The molecule has 0 spiro atoms. The van der Waals surface area contributed by atoms with E-state index < -0.39 is 11.6 Å². The van der Waals surface area contributed by atoms with E-state index in [1.165, 1.54) is 0 Å². The first-order valence-electron chi connectivity index (χ1n) is 5.98. The lowest BCUT2D eigenvalue weighted by atomic mass is 9.79. The van der Waals surface area contributed by atoms with E-state index in [9.17, 15) is 9.90 Å². The zero-order valence-corrected chi connectivity index (χ0v) is 9.79. The van der Waals surface area contributed by atoms with E-state index in [0.717, 1.165) is 25.7 Å². The maximum absolute atomic E-state index is 11.3. The van der Waals surface area contributed by atoms with Gasteiger partial charge in [0.05, 0.1) is 0 Å². The van der Waals surface area contributed by atoms with E-state index >= 15 is 0 Å². The summed E-state index contributed by atoms with van der Waals surface area (Å²) in [5.41, 5.74) is -0.882. The van der Waals surface area contributed by atoms with Crippen molar-refractivity contribution in [2.45, 2.75) is 58.0 Å². The number of aliphatic carboxylic acids is 1. The van der Waals surface area contributed by atoms with Crippen LogP contribution in [0.25, 0.3) is 0 Å². The zero-order chi connectivity index (χ0) is 11.3. The second kappa shape index (κ2) is 5.50. The first-order valence-corrected chi connectivity index (χ1v) is 5.98. The molecule has 2 atom stereocenters. The lowest BCUT2D eigenvalue weighted by molar-refractivity contribution is -0.173. The molecule has 2 unspecified atom stereocenters. The summed E-state index contributed by atoms with van der Waals surface area (Å²) in [5.74, 6) is -0.304. The monoisotopic (exact) mass is 214 g/mol. The van der Waals surface area contributed by atoms with E-state index in [4.69, 9.17) is 4.74 Å². The van der Waals surface area contributed by atoms with Crippen LogP contribution < -0.4 is 0 Å². The smallest absolute Gasteiger partial charge is 0.335 e. The van der Waals surface area contributed by atoms with Gasteiger partial charge in [0, 0.05) is 6.61 Å². The summed E-state index contributed by atoms with van der Waals surface area (Å²) < 4.78 is 5.64. The molecule has 0 aromatic carbocycles. The molecule has 3 nitrogen and oxygen atoms in total. The van der Waals surface area contributed by atoms with Gasteiger partial charge in [-0.25, -0.2) is 4.79 Å². The van der Waals surface area contributed by atoms with Gasteiger partial charge < -0.3 is 9.84 Å². The van der Waals surface area contributed by atoms with Crippen molar-refractivity contribution < 1.29 is 14.6 Å². The van der Waals surface area contributed by atoms with E-state index in [1.54, 1.807) is 0 Å². The molecular formula is C12H22O3. The average Bonchev–Trinajstić information content (AvgIpc) is 2.18. The molecule has 0 bridgehead atoms. The van der Waals surface area contributed by atoms with Crippen LogP contribution in [0.5, 0.6) is 0 Å². The number of carboxylic acid groups (broad SMARTS) is 1. The Bertz CT molecular complexity index is 215. The summed E-state index contributed by atoms with van der Waals surface area (Å²) in [6.07, 6.45) is 5.45. The normalized spacial score (nSPS) is 31.5. The first-order chi connectivity index (χ1) is 7.10. The van der Waals surface area contributed by atoms with Crippen molar-refractivity contribution >= 4 is 5.97 Å². The van der Waals surface area contributed by atoms with Gasteiger partial charge in [-0.3, -0.25) is 0 Å². The molecule has 15 heavy (non-hydrogen) atoms. The second-order valence-electron chi connectivity index (χ2n) is 4.70. The SMILES string of the molecule is CCCCOC1(C(=O)O)CCCC(C)C1. The van der Waals surface area contributed by atoms with Crippen molar-refractivity contribution in [1.82, 2.24) is 0 Å². The van der Waals surface area contributed by atoms with Crippen molar-refractivity contribution in [3.63, 3.8) is 0 Å². The predicted molar refractivity (Wildman–Crippen MR) is 58.9 cm³/mol. The van der Waals surface area contributed by atoms with E-state index in [2.05, 4.69) is 13.8 Å². The summed E-state index contributed by atoms with van der Waals surface area (Å²) >= 11 is 0. The Morgan fingerprint density at radius 2 is 2.33 bits per heavy atom. The van der Waals surface area contributed by atoms with Crippen molar-refractivity contribution in [1.29, 1.82) is 0 Å². The summed E-state index contributed by atoms with van der Waals surface area (Å²) in [5, 5.41) is 9.28. The van der Waals surface area contributed by atoms with Crippen molar-refractivity contribution in [2.75, 3.05) is 6.61 Å². The summed E-state index contributed by atoms with van der Waals surface area (Å²) in [6.45, 7) is 4.77. The number of rotatable bonds is 5. The molecule has 1 rings (SSSR count). The molecule has 0 saturated heterocycles. The zero-order valence-electron chi connectivity index (χ0n) is 9.79. The van der Waals surface area contributed by atoms with Crippen LogP contribution in [0.15, 0.2) is 0 Å². The Morgan fingerprint density at radius 1 is 1.60 bits per heavy atom. The van der Waals surface area contributed by atoms with Gasteiger partial charge >= 0.3 is 5.97 Å². The molecule has 0 aromatic heterocycles. The molecule has 0 aliphatic heterocycles. The third kappa shape index (κ3) is 3.20.